The second-order valence-electron chi connectivity index (χ2n) is 10.6. The number of carbonyl (C=O) groups excluding carboxylic acids is 4. The lowest BCUT2D eigenvalue weighted by Gasteiger charge is -2.49. The lowest BCUT2D eigenvalue weighted by molar-refractivity contribution is -0.374. The molecule has 0 aromatic rings. The minimum Gasteiger partial charge on any atom is -0.457 e. The predicted octanol–water partition coefficient (Wildman–Crippen LogP) is -2.21. The van der Waals surface area contributed by atoms with Crippen molar-refractivity contribution in [2.24, 2.45) is 0 Å². The zero-order valence-electron chi connectivity index (χ0n) is 24.8. The summed E-state index contributed by atoms with van der Waals surface area (Å²) in [5.74, 6) is -3.17. The van der Waals surface area contributed by atoms with Crippen molar-refractivity contribution in [2.45, 2.75) is 141 Å². The normalized spacial score (nSPS) is 43.3. The van der Waals surface area contributed by atoms with Gasteiger partial charge in [-0.05, 0) is 20.8 Å². The Labute approximate surface area is 247 Å². The third-order valence-electron chi connectivity index (χ3n) is 7.07. The standard InChI is InChI=1S/C26H40O17/c1-8-15(31)20(16(32)24(34)35-8)42-26-23(41-14(7)30)22(19(10(3)37-26)39-12(5)28)43-25-17(33)21(40-13(6)29)18(9(2)36-25)38-11(4)27/h8-10,15-26,31-34H,1-7H3/t8-,9-,10-,15-,16+,17+,18-,19-,20+,21-,22+,23+,24?,25-,26-/m0/s1. The molecule has 0 saturated carbocycles. The van der Waals surface area contributed by atoms with Gasteiger partial charge in [0.25, 0.3) is 0 Å². The molecule has 1 unspecified atom stereocenters. The van der Waals surface area contributed by atoms with Crippen LogP contribution in [0.15, 0.2) is 0 Å². The Bertz CT molecular complexity index is 992. The van der Waals surface area contributed by atoms with Crippen LogP contribution in [0.25, 0.3) is 0 Å². The average molecular weight is 625 g/mol. The first kappa shape index (κ1) is 35.0. The van der Waals surface area contributed by atoms with Crippen LogP contribution in [0.5, 0.6) is 0 Å². The van der Waals surface area contributed by atoms with Crippen LogP contribution in [0.2, 0.25) is 0 Å². The minimum absolute atomic E-state index is 0.732. The van der Waals surface area contributed by atoms with Crippen molar-refractivity contribution in [2.75, 3.05) is 0 Å². The number of carbonyl (C=O) groups is 4. The van der Waals surface area contributed by atoms with Crippen molar-refractivity contribution in [3.8, 4) is 0 Å². The molecule has 0 radical (unpaired) electrons. The van der Waals surface area contributed by atoms with E-state index in [1.807, 2.05) is 0 Å². The molecule has 4 N–H and O–H groups in total. The quantitative estimate of drug-likeness (QED) is 0.166. The van der Waals surface area contributed by atoms with E-state index in [2.05, 4.69) is 0 Å². The van der Waals surface area contributed by atoms with Crippen LogP contribution in [0.4, 0.5) is 0 Å². The summed E-state index contributed by atoms with van der Waals surface area (Å²) < 4.78 is 50.0. The summed E-state index contributed by atoms with van der Waals surface area (Å²) in [7, 11) is 0. The van der Waals surface area contributed by atoms with E-state index in [4.69, 9.17) is 42.6 Å². The Morgan fingerprint density at radius 1 is 0.465 bits per heavy atom. The molecule has 3 aliphatic rings. The fourth-order valence-corrected chi connectivity index (χ4v) is 5.17. The summed E-state index contributed by atoms with van der Waals surface area (Å²) in [5, 5.41) is 42.3. The maximum atomic E-state index is 12.2. The maximum absolute atomic E-state index is 12.2. The fourth-order valence-electron chi connectivity index (χ4n) is 5.17. The van der Waals surface area contributed by atoms with Gasteiger partial charge in [0.1, 0.15) is 30.5 Å². The molecule has 0 aromatic carbocycles. The zero-order chi connectivity index (χ0) is 32.3. The number of hydrogen-bond donors (Lipinski definition) is 4. The Morgan fingerprint density at radius 2 is 0.884 bits per heavy atom. The first-order valence-electron chi connectivity index (χ1n) is 13.7. The van der Waals surface area contributed by atoms with Gasteiger partial charge in [0.2, 0.25) is 0 Å². The molecule has 0 spiro atoms. The van der Waals surface area contributed by atoms with Gasteiger partial charge in [0, 0.05) is 27.7 Å². The summed E-state index contributed by atoms with van der Waals surface area (Å²) in [5.41, 5.74) is 0. The minimum atomic E-state index is -1.77. The highest BCUT2D eigenvalue weighted by Gasteiger charge is 2.56. The number of hydrogen-bond acceptors (Lipinski definition) is 17. The summed E-state index contributed by atoms with van der Waals surface area (Å²) >= 11 is 0. The Balaban J connectivity index is 1.98. The van der Waals surface area contributed by atoms with E-state index in [0.29, 0.717) is 0 Å². The second-order valence-corrected chi connectivity index (χ2v) is 10.6. The molecule has 3 rings (SSSR count). The van der Waals surface area contributed by atoms with Crippen LogP contribution in [-0.4, -0.2) is 136 Å². The highest BCUT2D eigenvalue weighted by Crippen LogP contribution is 2.35. The average Bonchev–Trinajstić information content (AvgIpc) is 2.88. The van der Waals surface area contributed by atoms with Gasteiger partial charge < -0.3 is 63.1 Å². The molecule has 15 atom stereocenters. The van der Waals surface area contributed by atoms with E-state index in [-0.39, 0.29) is 0 Å². The first-order valence-corrected chi connectivity index (χ1v) is 13.7. The highest BCUT2D eigenvalue weighted by molar-refractivity contribution is 5.68. The molecule has 0 bridgehead atoms. The van der Waals surface area contributed by atoms with Crippen LogP contribution in [0, 0.1) is 0 Å². The second kappa shape index (κ2) is 14.5. The van der Waals surface area contributed by atoms with Crippen molar-refractivity contribution in [3.05, 3.63) is 0 Å². The van der Waals surface area contributed by atoms with E-state index >= 15 is 0 Å². The van der Waals surface area contributed by atoms with Crippen LogP contribution < -0.4 is 0 Å². The third-order valence-corrected chi connectivity index (χ3v) is 7.07. The van der Waals surface area contributed by atoms with Crippen molar-refractivity contribution >= 4 is 23.9 Å². The zero-order valence-corrected chi connectivity index (χ0v) is 24.8. The summed E-state index contributed by atoms with van der Waals surface area (Å²) in [4.78, 5) is 47.8. The molecule has 246 valence electrons. The van der Waals surface area contributed by atoms with Crippen LogP contribution >= 0.6 is 0 Å². The fraction of sp³-hybridized carbons (Fsp3) is 0.846. The third kappa shape index (κ3) is 8.37. The number of rotatable bonds is 8. The predicted molar refractivity (Wildman–Crippen MR) is 135 cm³/mol. The lowest BCUT2D eigenvalue weighted by Crippen LogP contribution is -2.67. The molecular formula is C26H40O17. The van der Waals surface area contributed by atoms with Crippen molar-refractivity contribution in [1.82, 2.24) is 0 Å². The maximum Gasteiger partial charge on any atom is 0.303 e. The monoisotopic (exact) mass is 624 g/mol. The van der Waals surface area contributed by atoms with Gasteiger partial charge in [0.15, 0.2) is 43.3 Å². The van der Waals surface area contributed by atoms with Crippen LogP contribution in [0.1, 0.15) is 48.5 Å². The molecule has 17 nitrogen and oxygen atoms in total. The van der Waals surface area contributed by atoms with Crippen molar-refractivity contribution in [3.63, 3.8) is 0 Å². The molecule has 17 heteroatoms. The van der Waals surface area contributed by atoms with E-state index < -0.39 is 116 Å². The van der Waals surface area contributed by atoms with E-state index in [0.717, 1.165) is 27.7 Å². The summed E-state index contributed by atoms with van der Waals surface area (Å²) in [6.07, 6.45) is -21.5. The van der Waals surface area contributed by atoms with Crippen LogP contribution in [-0.2, 0) is 61.8 Å². The van der Waals surface area contributed by atoms with Gasteiger partial charge in [-0.15, -0.1) is 0 Å². The lowest BCUT2D eigenvalue weighted by atomic mass is 9.96. The van der Waals surface area contributed by atoms with Crippen LogP contribution in [0.3, 0.4) is 0 Å². The van der Waals surface area contributed by atoms with Crippen molar-refractivity contribution in [1.29, 1.82) is 0 Å². The highest BCUT2D eigenvalue weighted by atomic mass is 16.8. The van der Waals surface area contributed by atoms with Gasteiger partial charge in [-0.1, -0.05) is 0 Å². The first-order chi connectivity index (χ1) is 20.0. The molecule has 0 amide bonds. The molecule has 3 aliphatic heterocycles. The van der Waals surface area contributed by atoms with E-state index in [1.165, 1.54) is 20.8 Å². The largest absolute Gasteiger partial charge is 0.457 e. The number of ether oxygens (including phenoxy) is 9. The number of aliphatic hydroxyl groups excluding tert-OH is 4. The topological polar surface area (TPSA) is 232 Å². The van der Waals surface area contributed by atoms with Gasteiger partial charge in [-0.2, -0.15) is 0 Å². The number of aliphatic hydroxyl groups is 4. The number of esters is 4. The summed E-state index contributed by atoms with van der Waals surface area (Å²) in [6.45, 7) is 8.74. The molecule has 3 saturated heterocycles. The molecule has 0 aliphatic carbocycles. The SMILES string of the molecule is CC(=O)O[C@@H]1[C@@H](O[C@@H]2O[C@@H](C)[C@H](OC(C)=O)[C@@H](OC(C)=O)[C@H]2O)[C@@H](OC(C)=O)[C@H](O[C@@H]2[C@@H](O)[C@H](C)OC(O)[C@@H]2O)O[C@H]1C. The van der Waals surface area contributed by atoms with E-state index in [9.17, 15) is 39.6 Å². The van der Waals surface area contributed by atoms with Gasteiger partial charge >= 0.3 is 23.9 Å². The smallest absolute Gasteiger partial charge is 0.303 e. The van der Waals surface area contributed by atoms with Gasteiger partial charge in [0.05, 0.1) is 18.3 Å². The Morgan fingerprint density at radius 3 is 1.40 bits per heavy atom. The molecule has 3 heterocycles. The van der Waals surface area contributed by atoms with E-state index in [1.54, 1.807) is 0 Å². The Kier molecular flexibility index (Phi) is 11.8. The molecule has 3 fully saturated rings. The van der Waals surface area contributed by atoms with Gasteiger partial charge in [-0.25, -0.2) is 0 Å². The summed E-state index contributed by atoms with van der Waals surface area (Å²) in [6, 6.07) is 0. The molecule has 0 aromatic heterocycles. The Hall–Kier alpha value is -2.48. The van der Waals surface area contributed by atoms with Crippen molar-refractivity contribution < 1.29 is 82.2 Å². The van der Waals surface area contributed by atoms with Gasteiger partial charge in [-0.3, -0.25) is 19.2 Å². The molecule has 43 heavy (non-hydrogen) atoms. The molecular weight excluding hydrogens is 584 g/mol.